The lowest BCUT2D eigenvalue weighted by Crippen LogP contribution is -2.37. The molecule has 2 aliphatic rings. The molecule has 2 aromatic rings. The third kappa shape index (κ3) is 13.2. The average Bonchev–Trinajstić information content (AvgIpc) is 2.90. The predicted molar refractivity (Wildman–Crippen MR) is 164 cm³/mol. The first-order valence-electron chi connectivity index (χ1n) is 15.0. The monoisotopic (exact) mass is 614 g/mol. The van der Waals surface area contributed by atoms with Crippen molar-refractivity contribution in [2.45, 2.75) is 111 Å². The van der Waals surface area contributed by atoms with Crippen molar-refractivity contribution in [2.75, 3.05) is 6.61 Å². The van der Waals surface area contributed by atoms with Crippen LogP contribution in [0.15, 0.2) is 36.4 Å². The molecule has 1 aliphatic carbocycles. The Morgan fingerprint density at radius 1 is 0.864 bits per heavy atom. The van der Waals surface area contributed by atoms with Crippen LogP contribution in [0.5, 0.6) is 5.75 Å². The van der Waals surface area contributed by atoms with Gasteiger partial charge in [-0.2, -0.15) is 0 Å². The van der Waals surface area contributed by atoms with Crippen LogP contribution in [0, 0.1) is 6.92 Å². The second kappa shape index (κ2) is 18.0. The molecular weight excluding hydrogens is 568 g/mol. The standard InChI is InChI=1S/C30H38O6.2C2H4O2/c1-5-22-9-11-23(12-10-22)13-24-14-25(15-29(19(24)2)35-26-7-6-8-26)30-17-27(34-21(4)32)16-28(36-30)18-33-20(3)31;2*1-2(3)4/h9-12,14-15,26-28,30H,5-8,13,16-18H2,1-4H3;2*1H3,(H,3,4). The number of carbonyl (C=O) groups excluding carboxylic acids is 2. The summed E-state index contributed by atoms with van der Waals surface area (Å²) in [6.07, 6.45) is 5.53. The van der Waals surface area contributed by atoms with Crippen LogP contribution in [0.1, 0.15) is 101 Å². The smallest absolute Gasteiger partial charge is 0.302 e. The third-order valence-corrected chi connectivity index (χ3v) is 7.20. The zero-order chi connectivity index (χ0) is 32.8. The van der Waals surface area contributed by atoms with Crippen LogP contribution in [0.4, 0.5) is 0 Å². The van der Waals surface area contributed by atoms with Crippen LogP contribution in [-0.4, -0.2) is 59.0 Å². The minimum Gasteiger partial charge on any atom is -0.490 e. The van der Waals surface area contributed by atoms with Crippen molar-refractivity contribution < 1.29 is 48.3 Å². The van der Waals surface area contributed by atoms with E-state index in [9.17, 15) is 9.59 Å². The van der Waals surface area contributed by atoms with E-state index in [0.29, 0.717) is 12.8 Å². The number of carbonyl (C=O) groups is 4. The number of aliphatic carboxylic acids is 2. The van der Waals surface area contributed by atoms with Crippen LogP contribution in [-0.2, 0) is 46.2 Å². The quantitative estimate of drug-likeness (QED) is 0.324. The van der Waals surface area contributed by atoms with Crippen molar-refractivity contribution in [1.29, 1.82) is 0 Å². The molecule has 10 heteroatoms. The number of ether oxygens (including phenoxy) is 4. The maximum atomic E-state index is 11.7. The van der Waals surface area contributed by atoms with Gasteiger partial charge in [-0.05, 0) is 72.9 Å². The summed E-state index contributed by atoms with van der Waals surface area (Å²) in [4.78, 5) is 41.1. The van der Waals surface area contributed by atoms with Gasteiger partial charge in [-0.15, -0.1) is 0 Å². The summed E-state index contributed by atoms with van der Waals surface area (Å²) in [6.45, 7) is 9.39. The highest BCUT2D eigenvalue weighted by molar-refractivity contribution is 5.66. The van der Waals surface area contributed by atoms with Crippen molar-refractivity contribution in [2.24, 2.45) is 0 Å². The fourth-order valence-electron chi connectivity index (χ4n) is 4.88. The molecule has 0 amide bonds. The van der Waals surface area contributed by atoms with Gasteiger partial charge in [0.2, 0.25) is 0 Å². The third-order valence-electron chi connectivity index (χ3n) is 7.20. The molecule has 1 saturated carbocycles. The van der Waals surface area contributed by atoms with Gasteiger partial charge in [-0.1, -0.05) is 37.3 Å². The van der Waals surface area contributed by atoms with Crippen LogP contribution in [0.3, 0.4) is 0 Å². The zero-order valence-corrected chi connectivity index (χ0v) is 26.6. The fraction of sp³-hybridized carbons (Fsp3) is 0.529. The van der Waals surface area contributed by atoms with E-state index < -0.39 is 11.9 Å². The van der Waals surface area contributed by atoms with E-state index >= 15 is 0 Å². The molecule has 3 unspecified atom stereocenters. The van der Waals surface area contributed by atoms with Gasteiger partial charge in [0.1, 0.15) is 18.5 Å². The van der Waals surface area contributed by atoms with Crippen molar-refractivity contribution >= 4 is 23.9 Å². The summed E-state index contributed by atoms with van der Waals surface area (Å²) in [5.41, 5.74) is 5.91. The Hall–Kier alpha value is -3.92. The fourth-order valence-corrected chi connectivity index (χ4v) is 4.88. The minimum absolute atomic E-state index is 0.136. The highest BCUT2D eigenvalue weighted by Gasteiger charge is 2.34. The molecular formula is C34H46O10. The summed E-state index contributed by atoms with van der Waals surface area (Å²) < 4.78 is 23.6. The Labute approximate surface area is 259 Å². The number of hydrogen-bond acceptors (Lipinski definition) is 8. The summed E-state index contributed by atoms with van der Waals surface area (Å²) in [5.74, 6) is -1.44. The van der Waals surface area contributed by atoms with E-state index in [-0.39, 0.29) is 43.0 Å². The molecule has 2 aromatic carbocycles. The molecule has 2 fully saturated rings. The molecule has 2 N–H and O–H groups in total. The first-order chi connectivity index (χ1) is 20.8. The summed E-state index contributed by atoms with van der Waals surface area (Å²) in [5, 5.41) is 14.8. The molecule has 0 aromatic heterocycles. The lowest BCUT2D eigenvalue weighted by molar-refractivity contribution is -0.169. The maximum absolute atomic E-state index is 11.7. The van der Waals surface area contributed by atoms with Gasteiger partial charge in [0.15, 0.2) is 0 Å². The second-order valence-electron chi connectivity index (χ2n) is 11.1. The van der Waals surface area contributed by atoms with Crippen molar-refractivity contribution in [1.82, 2.24) is 0 Å². The van der Waals surface area contributed by atoms with Crippen LogP contribution in [0.25, 0.3) is 0 Å². The first-order valence-corrected chi connectivity index (χ1v) is 15.0. The molecule has 3 atom stereocenters. The molecule has 1 heterocycles. The summed E-state index contributed by atoms with van der Waals surface area (Å²) in [6, 6.07) is 13.0. The number of carboxylic acid groups (broad SMARTS) is 2. The van der Waals surface area contributed by atoms with Gasteiger partial charge < -0.3 is 29.2 Å². The van der Waals surface area contributed by atoms with Crippen molar-refractivity contribution in [3.63, 3.8) is 0 Å². The highest BCUT2D eigenvalue weighted by atomic mass is 16.6. The molecule has 4 rings (SSSR count). The second-order valence-corrected chi connectivity index (χ2v) is 11.1. The van der Waals surface area contributed by atoms with Gasteiger partial charge in [-0.25, -0.2) is 0 Å². The van der Waals surface area contributed by atoms with Gasteiger partial charge in [0.05, 0.1) is 18.3 Å². The highest BCUT2D eigenvalue weighted by Crippen LogP contribution is 2.38. The van der Waals surface area contributed by atoms with E-state index in [1.165, 1.54) is 37.0 Å². The van der Waals surface area contributed by atoms with E-state index in [2.05, 4.69) is 50.2 Å². The number of benzene rings is 2. The van der Waals surface area contributed by atoms with Crippen molar-refractivity contribution in [3.05, 3.63) is 64.2 Å². The molecule has 1 saturated heterocycles. The maximum Gasteiger partial charge on any atom is 0.302 e. The SMILES string of the molecule is CC(=O)O.CC(=O)O.CCc1ccc(Cc2cc(C3CC(OC(C)=O)CC(COC(C)=O)O3)cc(OC3CCC3)c2C)cc1. The minimum atomic E-state index is -0.833. The zero-order valence-electron chi connectivity index (χ0n) is 26.6. The van der Waals surface area contributed by atoms with E-state index in [0.717, 1.165) is 56.4 Å². The Kier molecular flexibility index (Phi) is 14.9. The number of hydrogen-bond donors (Lipinski definition) is 2. The van der Waals surface area contributed by atoms with E-state index in [4.69, 9.17) is 38.7 Å². The Balaban J connectivity index is 0.000000754. The largest absolute Gasteiger partial charge is 0.490 e. The van der Waals surface area contributed by atoms with Gasteiger partial charge >= 0.3 is 11.9 Å². The van der Waals surface area contributed by atoms with E-state index in [1.807, 2.05) is 0 Å². The van der Waals surface area contributed by atoms with Gasteiger partial charge in [0.25, 0.3) is 11.9 Å². The molecule has 1 aliphatic heterocycles. The lowest BCUT2D eigenvalue weighted by Gasteiger charge is -2.35. The summed E-state index contributed by atoms with van der Waals surface area (Å²) >= 11 is 0. The number of aryl methyl sites for hydroxylation is 1. The van der Waals surface area contributed by atoms with Gasteiger partial charge in [0, 0.05) is 40.5 Å². The molecule has 44 heavy (non-hydrogen) atoms. The summed E-state index contributed by atoms with van der Waals surface area (Å²) in [7, 11) is 0. The Morgan fingerprint density at radius 3 is 1.95 bits per heavy atom. The lowest BCUT2D eigenvalue weighted by atomic mass is 9.90. The van der Waals surface area contributed by atoms with Crippen LogP contribution < -0.4 is 4.74 Å². The first kappa shape index (κ1) is 36.3. The Morgan fingerprint density at radius 2 is 1.45 bits per heavy atom. The Bertz CT molecular complexity index is 1230. The number of carboxylic acids is 2. The predicted octanol–water partition coefficient (Wildman–Crippen LogP) is 5.98. The van der Waals surface area contributed by atoms with Crippen molar-refractivity contribution in [3.8, 4) is 5.75 Å². The van der Waals surface area contributed by atoms with Crippen LogP contribution >= 0.6 is 0 Å². The molecule has 242 valence electrons. The normalized spacial score (nSPS) is 19.1. The van der Waals surface area contributed by atoms with Crippen LogP contribution in [0.2, 0.25) is 0 Å². The number of rotatable bonds is 9. The molecule has 0 radical (unpaired) electrons. The molecule has 0 spiro atoms. The average molecular weight is 615 g/mol. The molecule has 10 nitrogen and oxygen atoms in total. The van der Waals surface area contributed by atoms with Gasteiger partial charge in [-0.3, -0.25) is 19.2 Å². The molecule has 0 bridgehead atoms. The van der Waals surface area contributed by atoms with E-state index in [1.54, 1.807) is 0 Å². The topological polar surface area (TPSA) is 146 Å². The number of esters is 2.